The number of benzene rings is 2. The van der Waals surface area contributed by atoms with E-state index >= 15 is 0 Å². The monoisotopic (exact) mass is 372 g/mol. The van der Waals surface area contributed by atoms with Gasteiger partial charge in [0.05, 0.1) is 11.1 Å². The van der Waals surface area contributed by atoms with E-state index in [2.05, 4.69) is 0 Å². The first-order valence-electron chi connectivity index (χ1n) is 7.52. The van der Waals surface area contributed by atoms with E-state index in [9.17, 15) is 18.0 Å². The zero-order valence-electron chi connectivity index (χ0n) is 13.6. The molecule has 25 heavy (non-hydrogen) atoms. The second-order valence-corrected chi connectivity index (χ2v) is 5.68. The summed E-state index contributed by atoms with van der Waals surface area (Å²) >= 11 is 5.95. The van der Waals surface area contributed by atoms with Crippen LogP contribution in [0.1, 0.15) is 36.5 Å². The Balaban J connectivity index is 2.30. The fourth-order valence-corrected chi connectivity index (χ4v) is 2.25. The Morgan fingerprint density at radius 2 is 1.96 bits per heavy atom. The molecular formula is C18H16ClF3O3. The van der Waals surface area contributed by atoms with Crippen LogP contribution in [0.2, 0.25) is 5.02 Å². The number of esters is 1. The van der Waals surface area contributed by atoms with E-state index in [0.29, 0.717) is 5.56 Å². The van der Waals surface area contributed by atoms with E-state index < -0.39 is 24.8 Å². The molecule has 0 aromatic heterocycles. The van der Waals surface area contributed by atoms with Gasteiger partial charge in [0.15, 0.2) is 0 Å². The highest BCUT2D eigenvalue weighted by Crippen LogP contribution is 2.35. The molecule has 0 N–H and O–H groups in total. The van der Waals surface area contributed by atoms with E-state index in [1.165, 1.54) is 24.3 Å². The standard InChI is InChI=1S/C18H16ClF3O3/c1-3-17(23)25-15-6-4-5-14(20)12(15)9-24-16-8-13(19)10(2)7-11(16)18(21)22/h4-8,18H,3,9H2,1-2H3. The van der Waals surface area contributed by atoms with Gasteiger partial charge >= 0.3 is 5.97 Å². The van der Waals surface area contributed by atoms with Crippen LogP contribution in [-0.2, 0) is 11.4 Å². The number of hydrogen-bond donors (Lipinski definition) is 0. The van der Waals surface area contributed by atoms with Crippen molar-refractivity contribution in [2.45, 2.75) is 33.3 Å². The quantitative estimate of drug-likeness (QED) is 0.487. The van der Waals surface area contributed by atoms with Crippen molar-refractivity contribution in [3.63, 3.8) is 0 Å². The van der Waals surface area contributed by atoms with E-state index in [1.54, 1.807) is 13.8 Å². The van der Waals surface area contributed by atoms with Crippen LogP contribution in [0.4, 0.5) is 13.2 Å². The molecule has 7 heteroatoms. The predicted molar refractivity (Wildman–Crippen MR) is 87.8 cm³/mol. The Labute approximate surface area is 148 Å². The summed E-state index contributed by atoms with van der Waals surface area (Å²) in [7, 11) is 0. The molecule has 0 radical (unpaired) electrons. The lowest BCUT2D eigenvalue weighted by molar-refractivity contribution is -0.134. The first-order valence-corrected chi connectivity index (χ1v) is 7.90. The van der Waals surface area contributed by atoms with Gasteiger partial charge < -0.3 is 9.47 Å². The van der Waals surface area contributed by atoms with Gasteiger partial charge in [0.2, 0.25) is 0 Å². The molecule has 0 heterocycles. The van der Waals surface area contributed by atoms with E-state index in [4.69, 9.17) is 21.1 Å². The Hall–Kier alpha value is -2.21. The fourth-order valence-electron chi connectivity index (χ4n) is 2.10. The minimum atomic E-state index is -2.77. The molecule has 134 valence electrons. The van der Waals surface area contributed by atoms with Crippen LogP contribution in [0.15, 0.2) is 30.3 Å². The SMILES string of the molecule is CCC(=O)Oc1cccc(F)c1COc1cc(Cl)c(C)cc1C(F)F. The third-order valence-electron chi connectivity index (χ3n) is 3.49. The molecule has 0 saturated heterocycles. The molecule has 0 amide bonds. The number of rotatable bonds is 6. The first-order chi connectivity index (χ1) is 11.8. The number of carbonyl (C=O) groups excluding carboxylic acids is 1. The fraction of sp³-hybridized carbons (Fsp3) is 0.278. The first kappa shape index (κ1) is 19.1. The van der Waals surface area contributed by atoms with E-state index in [-0.39, 0.29) is 34.1 Å². The van der Waals surface area contributed by atoms with Gasteiger partial charge in [0, 0.05) is 11.4 Å². The molecule has 2 aromatic rings. The van der Waals surface area contributed by atoms with Crippen molar-refractivity contribution < 1.29 is 27.4 Å². The summed E-state index contributed by atoms with van der Waals surface area (Å²) in [5, 5.41) is 0.255. The van der Waals surface area contributed by atoms with Crippen molar-refractivity contribution in [1.82, 2.24) is 0 Å². The highest BCUT2D eigenvalue weighted by molar-refractivity contribution is 6.31. The summed E-state index contributed by atoms with van der Waals surface area (Å²) in [4.78, 5) is 11.4. The molecule has 0 bridgehead atoms. The van der Waals surface area contributed by atoms with Crippen LogP contribution in [0.5, 0.6) is 11.5 Å². The molecule has 0 aliphatic rings. The second-order valence-electron chi connectivity index (χ2n) is 5.27. The zero-order chi connectivity index (χ0) is 18.6. The van der Waals surface area contributed by atoms with Crippen molar-refractivity contribution in [2.24, 2.45) is 0 Å². The largest absolute Gasteiger partial charge is 0.488 e. The zero-order valence-corrected chi connectivity index (χ0v) is 14.4. The molecule has 2 rings (SSSR count). The average molecular weight is 373 g/mol. The minimum Gasteiger partial charge on any atom is -0.488 e. The number of halogens is 4. The topological polar surface area (TPSA) is 35.5 Å². The van der Waals surface area contributed by atoms with Gasteiger partial charge in [-0.3, -0.25) is 4.79 Å². The third-order valence-corrected chi connectivity index (χ3v) is 3.89. The van der Waals surface area contributed by atoms with Gasteiger partial charge in [-0.2, -0.15) is 0 Å². The number of ether oxygens (including phenoxy) is 2. The van der Waals surface area contributed by atoms with Crippen LogP contribution < -0.4 is 9.47 Å². The number of alkyl halides is 2. The molecule has 0 saturated carbocycles. The van der Waals surface area contributed by atoms with Crippen LogP contribution in [-0.4, -0.2) is 5.97 Å². The van der Waals surface area contributed by atoms with Gasteiger partial charge in [-0.1, -0.05) is 24.6 Å². The van der Waals surface area contributed by atoms with Crippen molar-refractivity contribution in [3.8, 4) is 11.5 Å². The van der Waals surface area contributed by atoms with E-state index in [1.807, 2.05) is 0 Å². The Bertz CT molecular complexity index is 778. The molecule has 0 spiro atoms. The molecule has 0 atom stereocenters. The maximum Gasteiger partial charge on any atom is 0.310 e. The third kappa shape index (κ3) is 4.66. The van der Waals surface area contributed by atoms with Crippen LogP contribution in [0, 0.1) is 12.7 Å². The maximum absolute atomic E-state index is 14.1. The Morgan fingerprint density at radius 3 is 2.60 bits per heavy atom. The maximum atomic E-state index is 14.1. The van der Waals surface area contributed by atoms with Crippen LogP contribution in [0.25, 0.3) is 0 Å². The highest BCUT2D eigenvalue weighted by Gasteiger charge is 2.19. The number of hydrogen-bond acceptors (Lipinski definition) is 3. The summed E-state index contributed by atoms with van der Waals surface area (Å²) in [5.41, 5.74) is 0.0966. The summed E-state index contributed by atoms with van der Waals surface area (Å²) < 4.78 is 50.8. The van der Waals surface area contributed by atoms with Gasteiger partial charge in [-0.15, -0.1) is 0 Å². The normalized spacial score (nSPS) is 10.8. The lowest BCUT2D eigenvalue weighted by Gasteiger charge is -2.15. The molecule has 0 aliphatic carbocycles. The summed E-state index contributed by atoms with van der Waals surface area (Å²) in [6.45, 7) is 2.80. The number of aryl methyl sites for hydroxylation is 1. The van der Waals surface area contributed by atoms with Crippen molar-refractivity contribution in [1.29, 1.82) is 0 Å². The molecule has 0 aliphatic heterocycles. The lowest BCUT2D eigenvalue weighted by Crippen LogP contribution is -2.10. The summed E-state index contributed by atoms with van der Waals surface area (Å²) in [6.07, 6.45) is -2.66. The highest BCUT2D eigenvalue weighted by atomic mass is 35.5. The molecule has 0 unspecified atom stereocenters. The Morgan fingerprint density at radius 1 is 1.24 bits per heavy atom. The van der Waals surface area contributed by atoms with Crippen molar-refractivity contribution in [2.75, 3.05) is 0 Å². The minimum absolute atomic E-state index is 0.0105. The number of carbonyl (C=O) groups is 1. The van der Waals surface area contributed by atoms with Crippen molar-refractivity contribution >= 4 is 17.6 Å². The van der Waals surface area contributed by atoms with Crippen LogP contribution >= 0.6 is 11.6 Å². The van der Waals surface area contributed by atoms with Gasteiger partial charge in [-0.25, -0.2) is 13.2 Å². The molecule has 0 fully saturated rings. The second kappa shape index (κ2) is 8.25. The summed E-state index contributed by atoms with van der Waals surface area (Å²) in [5.74, 6) is -1.37. The average Bonchev–Trinajstić information content (AvgIpc) is 2.56. The summed E-state index contributed by atoms with van der Waals surface area (Å²) in [6, 6.07) is 6.44. The van der Waals surface area contributed by atoms with Gasteiger partial charge in [0.25, 0.3) is 6.43 Å². The lowest BCUT2D eigenvalue weighted by atomic mass is 10.1. The van der Waals surface area contributed by atoms with Gasteiger partial charge in [-0.05, 0) is 36.8 Å². The molecule has 2 aromatic carbocycles. The van der Waals surface area contributed by atoms with Gasteiger partial charge in [0.1, 0.15) is 23.9 Å². The van der Waals surface area contributed by atoms with E-state index in [0.717, 1.165) is 6.07 Å². The smallest absolute Gasteiger partial charge is 0.310 e. The Kier molecular flexibility index (Phi) is 6.31. The molecule has 3 nitrogen and oxygen atoms in total. The molecular weight excluding hydrogens is 357 g/mol. The van der Waals surface area contributed by atoms with Crippen molar-refractivity contribution in [3.05, 3.63) is 57.9 Å². The van der Waals surface area contributed by atoms with Crippen LogP contribution in [0.3, 0.4) is 0 Å². The predicted octanol–water partition coefficient (Wildman–Crippen LogP) is 5.62.